The van der Waals surface area contributed by atoms with Crippen LogP contribution in [0.4, 0.5) is 0 Å². The standard InChI is InChI=1S/C37H59N5O4/c1-4-5-6-7-8-9-10-13-16-22-27-41(35(44)31-24-19-18-20-25-31)29-32(43)26-21-15-12-11-14-17-23-28-42-36(45)33-34(38-30-39(33)2)40(3)37(42)46/h18-20,24-25,30,32,43H,4-17,21-23,26-29H2,1-3H3. The molecule has 3 aromatic rings. The van der Waals surface area contributed by atoms with E-state index < -0.39 is 6.10 Å². The van der Waals surface area contributed by atoms with E-state index in [4.69, 9.17) is 0 Å². The van der Waals surface area contributed by atoms with Crippen molar-refractivity contribution in [3.63, 3.8) is 0 Å². The number of aryl methyl sites for hydroxylation is 2. The number of hydrogen-bond donors (Lipinski definition) is 1. The molecule has 1 atom stereocenters. The molecule has 0 fully saturated rings. The number of unbranched alkanes of at least 4 members (excludes halogenated alkanes) is 15. The predicted molar refractivity (Wildman–Crippen MR) is 187 cm³/mol. The third kappa shape index (κ3) is 11.9. The molecule has 0 saturated carbocycles. The first-order valence-corrected chi connectivity index (χ1v) is 18.0. The molecule has 9 nitrogen and oxygen atoms in total. The Morgan fingerprint density at radius 3 is 2.00 bits per heavy atom. The minimum absolute atomic E-state index is 0.0101. The van der Waals surface area contributed by atoms with Crippen molar-refractivity contribution in [2.75, 3.05) is 13.1 Å². The van der Waals surface area contributed by atoms with Gasteiger partial charge in [-0.05, 0) is 31.4 Å². The van der Waals surface area contributed by atoms with Gasteiger partial charge in [-0.15, -0.1) is 0 Å². The molecule has 1 aromatic carbocycles. The van der Waals surface area contributed by atoms with Crippen molar-refractivity contribution in [1.29, 1.82) is 0 Å². The maximum Gasteiger partial charge on any atom is 0.332 e. The van der Waals surface area contributed by atoms with Crippen LogP contribution in [0.5, 0.6) is 0 Å². The highest BCUT2D eigenvalue weighted by molar-refractivity contribution is 5.94. The zero-order valence-corrected chi connectivity index (χ0v) is 28.8. The van der Waals surface area contributed by atoms with Gasteiger partial charge in [0.05, 0.1) is 12.4 Å². The van der Waals surface area contributed by atoms with Crippen molar-refractivity contribution in [3.8, 4) is 0 Å². The molecule has 256 valence electrons. The van der Waals surface area contributed by atoms with Crippen LogP contribution in [0.1, 0.15) is 133 Å². The van der Waals surface area contributed by atoms with Crippen LogP contribution in [0.3, 0.4) is 0 Å². The zero-order chi connectivity index (χ0) is 33.1. The van der Waals surface area contributed by atoms with Gasteiger partial charge in [0.1, 0.15) is 0 Å². The second kappa shape index (κ2) is 20.8. The Bertz CT molecular complexity index is 1410. The number of imidazole rings is 1. The molecule has 0 bridgehead atoms. The topological polar surface area (TPSA) is 102 Å². The lowest BCUT2D eigenvalue weighted by molar-refractivity contribution is 0.0599. The molecule has 9 heteroatoms. The van der Waals surface area contributed by atoms with Gasteiger partial charge in [0, 0.05) is 39.3 Å². The molecule has 0 saturated heterocycles. The number of nitrogens with zero attached hydrogens (tertiary/aromatic N) is 5. The minimum Gasteiger partial charge on any atom is -0.391 e. The monoisotopic (exact) mass is 637 g/mol. The fraction of sp³-hybridized carbons (Fsp3) is 0.676. The summed E-state index contributed by atoms with van der Waals surface area (Å²) in [7, 11) is 3.42. The molecule has 1 amide bonds. The molecule has 0 spiro atoms. The van der Waals surface area contributed by atoms with Gasteiger partial charge in [-0.25, -0.2) is 9.78 Å². The number of hydrogen-bond acceptors (Lipinski definition) is 5. The molecule has 2 aromatic heterocycles. The van der Waals surface area contributed by atoms with Gasteiger partial charge in [0.2, 0.25) is 0 Å². The summed E-state index contributed by atoms with van der Waals surface area (Å²) in [5.74, 6) is 0.0101. The number of aliphatic hydroxyl groups is 1. The van der Waals surface area contributed by atoms with Crippen LogP contribution in [0, 0.1) is 0 Å². The lowest BCUT2D eigenvalue weighted by atomic mass is 10.0. The van der Waals surface area contributed by atoms with E-state index in [1.165, 1.54) is 60.5 Å². The highest BCUT2D eigenvalue weighted by atomic mass is 16.3. The quantitative estimate of drug-likeness (QED) is 0.107. The number of rotatable bonds is 24. The molecule has 2 heterocycles. The summed E-state index contributed by atoms with van der Waals surface area (Å²) in [5, 5.41) is 10.8. The Morgan fingerprint density at radius 2 is 1.37 bits per heavy atom. The first-order valence-electron chi connectivity index (χ1n) is 18.0. The van der Waals surface area contributed by atoms with E-state index in [0.717, 1.165) is 57.8 Å². The molecule has 0 radical (unpaired) electrons. The number of fused-ring (bicyclic) bond motifs is 1. The molecule has 1 unspecified atom stereocenters. The van der Waals surface area contributed by atoms with Crippen molar-refractivity contribution in [3.05, 3.63) is 63.1 Å². The van der Waals surface area contributed by atoms with Crippen molar-refractivity contribution in [1.82, 2.24) is 23.6 Å². The molecule has 0 aliphatic rings. The number of aromatic nitrogens is 4. The summed E-state index contributed by atoms with van der Waals surface area (Å²) in [6.07, 6.45) is 21.2. The van der Waals surface area contributed by atoms with Crippen molar-refractivity contribution >= 4 is 17.1 Å². The van der Waals surface area contributed by atoms with E-state index in [0.29, 0.717) is 42.8 Å². The highest BCUT2D eigenvalue weighted by Gasteiger charge is 2.19. The van der Waals surface area contributed by atoms with E-state index in [9.17, 15) is 19.5 Å². The van der Waals surface area contributed by atoms with E-state index in [2.05, 4.69) is 11.9 Å². The van der Waals surface area contributed by atoms with Crippen LogP contribution in [0.2, 0.25) is 0 Å². The van der Waals surface area contributed by atoms with Crippen LogP contribution in [-0.4, -0.2) is 53.8 Å². The zero-order valence-electron chi connectivity index (χ0n) is 28.8. The molecular weight excluding hydrogens is 578 g/mol. The number of aliphatic hydroxyl groups excluding tert-OH is 1. The van der Waals surface area contributed by atoms with Gasteiger partial charge in [-0.3, -0.25) is 18.7 Å². The predicted octanol–water partition coefficient (Wildman–Crippen LogP) is 6.98. The first kappa shape index (κ1) is 37.3. The summed E-state index contributed by atoms with van der Waals surface area (Å²) in [5.41, 5.74) is 0.968. The van der Waals surface area contributed by atoms with Gasteiger partial charge in [-0.2, -0.15) is 0 Å². The van der Waals surface area contributed by atoms with Gasteiger partial charge < -0.3 is 14.6 Å². The third-order valence-electron chi connectivity index (χ3n) is 9.14. The van der Waals surface area contributed by atoms with Gasteiger partial charge in [0.15, 0.2) is 11.2 Å². The Hall–Kier alpha value is -3.20. The lowest BCUT2D eigenvalue weighted by Gasteiger charge is -2.26. The molecule has 3 rings (SSSR count). The number of carbonyl (C=O) groups excluding carboxylic acids is 1. The largest absolute Gasteiger partial charge is 0.391 e. The van der Waals surface area contributed by atoms with Crippen molar-refractivity contribution in [2.24, 2.45) is 14.1 Å². The van der Waals surface area contributed by atoms with Crippen LogP contribution in [0.15, 0.2) is 46.2 Å². The summed E-state index contributed by atoms with van der Waals surface area (Å²) in [6.45, 7) is 3.74. The Balaban J connectivity index is 1.31. The summed E-state index contributed by atoms with van der Waals surface area (Å²) in [4.78, 5) is 44.8. The lowest BCUT2D eigenvalue weighted by Crippen LogP contribution is -2.39. The average molecular weight is 638 g/mol. The summed E-state index contributed by atoms with van der Waals surface area (Å²) >= 11 is 0. The Labute approximate surface area is 275 Å². The normalized spacial score (nSPS) is 12.2. The third-order valence-corrected chi connectivity index (χ3v) is 9.14. The van der Waals surface area contributed by atoms with E-state index in [1.807, 2.05) is 35.2 Å². The van der Waals surface area contributed by atoms with Crippen LogP contribution in [0.25, 0.3) is 11.2 Å². The fourth-order valence-corrected chi connectivity index (χ4v) is 6.30. The highest BCUT2D eigenvalue weighted by Crippen LogP contribution is 2.15. The van der Waals surface area contributed by atoms with Gasteiger partial charge >= 0.3 is 5.69 Å². The maximum absolute atomic E-state index is 13.3. The first-order chi connectivity index (χ1) is 22.3. The fourth-order valence-electron chi connectivity index (χ4n) is 6.30. The van der Waals surface area contributed by atoms with Crippen molar-refractivity contribution < 1.29 is 9.90 Å². The smallest absolute Gasteiger partial charge is 0.332 e. The summed E-state index contributed by atoms with van der Waals surface area (Å²) < 4.78 is 4.44. The van der Waals surface area contributed by atoms with Crippen LogP contribution < -0.4 is 11.2 Å². The van der Waals surface area contributed by atoms with Crippen LogP contribution >= 0.6 is 0 Å². The second-order valence-electron chi connectivity index (χ2n) is 13.0. The van der Waals surface area contributed by atoms with Crippen molar-refractivity contribution in [2.45, 2.75) is 135 Å². The minimum atomic E-state index is -0.520. The number of benzene rings is 1. The molecular formula is C37H59N5O4. The molecule has 0 aliphatic carbocycles. The number of amides is 1. The number of carbonyl (C=O) groups is 1. The average Bonchev–Trinajstić information content (AvgIpc) is 3.46. The summed E-state index contributed by atoms with van der Waals surface area (Å²) in [6, 6.07) is 9.43. The van der Waals surface area contributed by atoms with E-state index in [1.54, 1.807) is 25.0 Å². The second-order valence-corrected chi connectivity index (χ2v) is 13.0. The van der Waals surface area contributed by atoms with E-state index in [-0.39, 0.29) is 17.2 Å². The molecule has 1 N–H and O–H groups in total. The Morgan fingerprint density at radius 1 is 0.804 bits per heavy atom. The maximum atomic E-state index is 13.3. The van der Waals surface area contributed by atoms with Crippen LogP contribution in [-0.2, 0) is 20.6 Å². The molecule has 0 aliphatic heterocycles. The van der Waals surface area contributed by atoms with Gasteiger partial charge in [0.25, 0.3) is 11.5 Å². The van der Waals surface area contributed by atoms with Gasteiger partial charge in [-0.1, -0.05) is 121 Å². The SMILES string of the molecule is CCCCCCCCCCCCN(CC(O)CCCCCCCCCn1c(=O)c2c(ncn2C)n(C)c1=O)C(=O)c1ccccc1. The molecule has 46 heavy (non-hydrogen) atoms. The van der Waals surface area contributed by atoms with E-state index >= 15 is 0 Å². The Kier molecular flexibility index (Phi) is 16.9.